The Balaban J connectivity index is 1.65. The second kappa shape index (κ2) is 8.54. The molecule has 3 rings (SSSR count). The number of rotatable bonds is 5. The van der Waals surface area contributed by atoms with Crippen LogP contribution in [0, 0.1) is 6.92 Å². The molecule has 0 unspecified atom stereocenters. The van der Waals surface area contributed by atoms with Crippen molar-refractivity contribution in [1.82, 2.24) is 4.98 Å². The SMILES string of the molecule is CC(=O)Nc1ccc(Nc2ccc(C(=O)Nc3cc(Cl)ccc3C)nc2)cc1. The maximum atomic E-state index is 12.4. The van der Waals surface area contributed by atoms with Crippen molar-refractivity contribution in [3.63, 3.8) is 0 Å². The van der Waals surface area contributed by atoms with Gasteiger partial charge in [-0.3, -0.25) is 9.59 Å². The second-order valence-corrected chi connectivity index (χ2v) is 6.67. The third kappa shape index (κ3) is 5.08. The fourth-order valence-corrected chi connectivity index (χ4v) is 2.70. The first-order valence-electron chi connectivity index (χ1n) is 8.59. The van der Waals surface area contributed by atoms with Gasteiger partial charge in [-0.1, -0.05) is 17.7 Å². The van der Waals surface area contributed by atoms with Crippen LogP contribution in [0.2, 0.25) is 5.02 Å². The third-order valence-corrected chi connectivity index (χ3v) is 4.17. The summed E-state index contributed by atoms with van der Waals surface area (Å²) < 4.78 is 0. The predicted molar refractivity (Wildman–Crippen MR) is 112 cm³/mol. The van der Waals surface area contributed by atoms with Gasteiger partial charge in [0.25, 0.3) is 5.91 Å². The van der Waals surface area contributed by atoms with Crippen molar-refractivity contribution in [2.24, 2.45) is 0 Å². The van der Waals surface area contributed by atoms with Gasteiger partial charge < -0.3 is 16.0 Å². The van der Waals surface area contributed by atoms with E-state index < -0.39 is 0 Å². The van der Waals surface area contributed by atoms with Crippen LogP contribution in [0.15, 0.2) is 60.8 Å². The Morgan fingerprint density at radius 3 is 2.21 bits per heavy atom. The number of carbonyl (C=O) groups is 2. The molecule has 28 heavy (non-hydrogen) atoms. The fourth-order valence-electron chi connectivity index (χ4n) is 2.52. The van der Waals surface area contributed by atoms with Crippen molar-refractivity contribution in [2.45, 2.75) is 13.8 Å². The van der Waals surface area contributed by atoms with Crippen LogP contribution in [-0.4, -0.2) is 16.8 Å². The minimum Gasteiger partial charge on any atom is -0.354 e. The largest absolute Gasteiger partial charge is 0.354 e. The van der Waals surface area contributed by atoms with Crippen molar-refractivity contribution in [2.75, 3.05) is 16.0 Å². The van der Waals surface area contributed by atoms with Crippen molar-refractivity contribution < 1.29 is 9.59 Å². The average Bonchev–Trinajstić information content (AvgIpc) is 2.66. The van der Waals surface area contributed by atoms with Gasteiger partial charge in [0.1, 0.15) is 5.69 Å². The van der Waals surface area contributed by atoms with Gasteiger partial charge in [-0.15, -0.1) is 0 Å². The number of aromatic nitrogens is 1. The highest BCUT2D eigenvalue weighted by Gasteiger charge is 2.10. The van der Waals surface area contributed by atoms with E-state index in [0.29, 0.717) is 16.4 Å². The van der Waals surface area contributed by atoms with Crippen LogP contribution < -0.4 is 16.0 Å². The first-order valence-corrected chi connectivity index (χ1v) is 8.97. The van der Waals surface area contributed by atoms with Crippen LogP contribution in [0.1, 0.15) is 23.0 Å². The molecule has 0 spiro atoms. The van der Waals surface area contributed by atoms with Gasteiger partial charge in [0.15, 0.2) is 0 Å². The van der Waals surface area contributed by atoms with Crippen LogP contribution in [0.5, 0.6) is 0 Å². The van der Waals surface area contributed by atoms with Gasteiger partial charge in [0.2, 0.25) is 5.91 Å². The van der Waals surface area contributed by atoms with Crippen molar-refractivity contribution in [3.8, 4) is 0 Å². The van der Waals surface area contributed by atoms with E-state index in [2.05, 4.69) is 20.9 Å². The lowest BCUT2D eigenvalue weighted by atomic mass is 10.2. The van der Waals surface area contributed by atoms with E-state index in [1.165, 1.54) is 6.92 Å². The highest BCUT2D eigenvalue weighted by molar-refractivity contribution is 6.31. The summed E-state index contributed by atoms with van der Waals surface area (Å²) in [7, 11) is 0. The highest BCUT2D eigenvalue weighted by Crippen LogP contribution is 2.22. The van der Waals surface area contributed by atoms with E-state index in [9.17, 15) is 9.59 Å². The van der Waals surface area contributed by atoms with Crippen LogP contribution >= 0.6 is 11.6 Å². The Bertz CT molecular complexity index is 1000. The number of nitrogens with zero attached hydrogens (tertiary/aromatic N) is 1. The minimum atomic E-state index is -0.309. The molecule has 0 aliphatic carbocycles. The van der Waals surface area contributed by atoms with E-state index in [1.807, 2.05) is 25.1 Å². The number of anilines is 4. The van der Waals surface area contributed by atoms with Gasteiger partial charge in [-0.2, -0.15) is 0 Å². The van der Waals surface area contributed by atoms with Crippen LogP contribution in [-0.2, 0) is 4.79 Å². The third-order valence-electron chi connectivity index (χ3n) is 3.94. The van der Waals surface area contributed by atoms with Gasteiger partial charge >= 0.3 is 0 Å². The molecule has 2 amide bonds. The Morgan fingerprint density at radius 2 is 1.57 bits per heavy atom. The molecule has 1 aromatic heterocycles. The first kappa shape index (κ1) is 19.4. The van der Waals surface area contributed by atoms with Crippen LogP contribution in [0.3, 0.4) is 0 Å². The molecule has 0 bridgehead atoms. The summed E-state index contributed by atoms with van der Waals surface area (Å²) in [6.07, 6.45) is 1.58. The molecule has 6 nitrogen and oxygen atoms in total. The molecule has 0 fully saturated rings. The molecular weight excluding hydrogens is 376 g/mol. The molecule has 1 heterocycles. The monoisotopic (exact) mass is 394 g/mol. The molecule has 7 heteroatoms. The standard InChI is InChI=1S/C21H19ClN4O2/c1-13-3-4-15(22)11-20(13)26-21(28)19-10-9-18(12-23-19)25-17-7-5-16(6-8-17)24-14(2)27/h3-12,25H,1-2H3,(H,24,27)(H,26,28). The number of benzene rings is 2. The highest BCUT2D eigenvalue weighted by atomic mass is 35.5. The van der Waals surface area contributed by atoms with Gasteiger partial charge in [0.05, 0.1) is 11.9 Å². The number of nitrogens with one attached hydrogen (secondary N) is 3. The molecule has 2 aromatic carbocycles. The van der Waals surface area contributed by atoms with Crippen molar-refractivity contribution >= 4 is 46.2 Å². The average molecular weight is 395 g/mol. The number of carbonyl (C=O) groups excluding carboxylic acids is 2. The summed E-state index contributed by atoms with van der Waals surface area (Å²) in [6, 6.07) is 16.0. The number of aryl methyl sites for hydroxylation is 1. The van der Waals surface area contributed by atoms with E-state index in [4.69, 9.17) is 11.6 Å². The van der Waals surface area contributed by atoms with E-state index in [-0.39, 0.29) is 11.8 Å². The summed E-state index contributed by atoms with van der Waals surface area (Å²) >= 11 is 5.98. The molecule has 142 valence electrons. The number of hydrogen-bond donors (Lipinski definition) is 3. The zero-order chi connectivity index (χ0) is 20.1. The summed E-state index contributed by atoms with van der Waals surface area (Å²) in [5.74, 6) is -0.427. The molecule has 0 aliphatic rings. The summed E-state index contributed by atoms with van der Waals surface area (Å²) in [5.41, 5.74) is 4.16. The lowest BCUT2D eigenvalue weighted by molar-refractivity contribution is -0.114. The first-order chi connectivity index (χ1) is 13.4. The van der Waals surface area contributed by atoms with Crippen molar-refractivity contribution in [3.05, 3.63) is 77.1 Å². The normalized spacial score (nSPS) is 10.2. The molecule has 0 saturated heterocycles. The number of pyridine rings is 1. The van der Waals surface area contributed by atoms with E-state index in [0.717, 1.165) is 22.6 Å². The van der Waals surface area contributed by atoms with Gasteiger partial charge in [-0.25, -0.2) is 4.98 Å². The lowest BCUT2D eigenvalue weighted by Gasteiger charge is -2.10. The van der Waals surface area contributed by atoms with E-state index in [1.54, 1.807) is 42.6 Å². The summed E-state index contributed by atoms with van der Waals surface area (Å²) in [4.78, 5) is 27.7. The van der Waals surface area contributed by atoms with Crippen LogP contribution in [0.25, 0.3) is 0 Å². The Hall–Kier alpha value is -3.38. The van der Waals surface area contributed by atoms with Gasteiger partial charge in [0, 0.05) is 29.0 Å². The quantitative estimate of drug-likeness (QED) is 0.568. The second-order valence-electron chi connectivity index (χ2n) is 6.23. The summed E-state index contributed by atoms with van der Waals surface area (Å²) in [5, 5.41) is 9.27. The molecular formula is C21H19ClN4O2. The number of hydrogen-bond acceptors (Lipinski definition) is 4. The molecule has 0 atom stereocenters. The predicted octanol–water partition coefficient (Wildman–Crippen LogP) is 5.00. The zero-order valence-corrected chi connectivity index (χ0v) is 16.2. The zero-order valence-electron chi connectivity index (χ0n) is 15.4. The summed E-state index contributed by atoms with van der Waals surface area (Å²) in [6.45, 7) is 3.35. The Labute approximate surface area is 168 Å². The Kier molecular flexibility index (Phi) is 5.91. The minimum absolute atomic E-state index is 0.119. The molecule has 0 saturated carbocycles. The molecule has 3 N–H and O–H groups in total. The lowest BCUT2D eigenvalue weighted by Crippen LogP contribution is -2.14. The smallest absolute Gasteiger partial charge is 0.274 e. The maximum Gasteiger partial charge on any atom is 0.274 e. The fraction of sp³-hybridized carbons (Fsp3) is 0.0952. The van der Waals surface area contributed by atoms with E-state index >= 15 is 0 Å². The number of amides is 2. The maximum absolute atomic E-state index is 12.4. The molecule has 3 aromatic rings. The number of halogens is 1. The van der Waals surface area contributed by atoms with Crippen molar-refractivity contribution in [1.29, 1.82) is 0 Å². The Morgan fingerprint density at radius 1 is 0.893 bits per heavy atom. The molecule has 0 radical (unpaired) electrons. The topological polar surface area (TPSA) is 83.1 Å². The van der Waals surface area contributed by atoms with Crippen LogP contribution in [0.4, 0.5) is 22.7 Å². The molecule has 0 aliphatic heterocycles. The van der Waals surface area contributed by atoms with Gasteiger partial charge in [-0.05, 0) is 61.0 Å².